The van der Waals surface area contributed by atoms with E-state index in [1.807, 2.05) is 144 Å². The first-order valence-corrected chi connectivity index (χ1v) is 52.0. The number of carboxylic acid groups (broad SMARTS) is 1. The molecule has 130 heavy (non-hydrogen) atoms. The number of aliphatic carboxylic acids is 1. The van der Waals surface area contributed by atoms with Crippen LogP contribution in [0.5, 0.6) is 0 Å². The number of likely N-dealkylation sites (N-methyl/N-ethyl adjacent to an activating group) is 2. The van der Waals surface area contributed by atoms with E-state index in [1.54, 1.807) is 75.5 Å². The summed E-state index contributed by atoms with van der Waals surface area (Å²) in [5.41, 5.74) is 11.6. The van der Waals surface area contributed by atoms with E-state index in [-0.39, 0.29) is 135 Å². The fourth-order valence-electron chi connectivity index (χ4n) is 19.3. The van der Waals surface area contributed by atoms with Gasteiger partial charge in [-0.15, -0.1) is 22.7 Å². The van der Waals surface area contributed by atoms with Crippen LogP contribution >= 0.6 is 68.8 Å². The molecule has 0 unspecified atom stereocenters. The summed E-state index contributed by atoms with van der Waals surface area (Å²) in [5, 5.41) is 18.4. The number of hydrogen-bond donors (Lipinski definition) is 2. The molecule has 2 saturated heterocycles. The Morgan fingerprint density at radius 3 is 1.23 bits per heavy atom. The van der Waals surface area contributed by atoms with Crippen LogP contribution in [-0.4, -0.2) is 223 Å². The molecule has 12 rings (SSSR count). The molecule has 4 aliphatic rings. The van der Waals surface area contributed by atoms with Gasteiger partial charge < -0.3 is 53.5 Å². The van der Waals surface area contributed by atoms with Crippen LogP contribution in [0.4, 0.5) is 0 Å². The number of fused-ring (bicyclic) bond motifs is 6. The minimum atomic E-state index is -0.956. The number of amides is 3. The second-order valence-corrected chi connectivity index (χ2v) is 38.0. The molecule has 26 heteroatoms. The van der Waals surface area contributed by atoms with E-state index in [0.29, 0.717) is 56.2 Å². The third kappa shape index (κ3) is 28.5. The van der Waals surface area contributed by atoms with Crippen molar-refractivity contribution in [3.05, 3.63) is 224 Å². The Hall–Kier alpha value is -8.03. The van der Waals surface area contributed by atoms with Gasteiger partial charge in [0.2, 0.25) is 17.7 Å². The lowest BCUT2D eigenvalue weighted by molar-refractivity contribution is -0.151. The predicted octanol–water partition coefficient (Wildman–Crippen LogP) is 19.7. The second kappa shape index (κ2) is 55.0. The second-order valence-electron chi connectivity index (χ2n) is 34.3. The normalized spacial score (nSPS) is 17.5. The molecular formula is C104H139IN6O15S4. The Kier molecular flexibility index (Phi) is 45.4. The van der Waals surface area contributed by atoms with Gasteiger partial charge in [0, 0.05) is 138 Å². The van der Waals surface area contributed by atoms with Gasteiger partial charge in [0.15, 0.2) is 0 Å². The Balaban J connectivity index is 0.000000263. The van der Waals surface area contributed by atoms with Crippen LogP contribution in [0.25, 0.3) is 22.3 Å². The predicted molar refractivity (Wildman–Crippen MR) is 534 cm³/mol. The molecule has 2 aromatic heterocycles. The van der Waals surface area contributed by atoms with Crippen LogP contribution in [0.15, 0.2) is 181 Å². The highest BCUT2D eigenvalue weighted by Gasteiger charge is 2.46. The highest BCUT2D eigenvalue weighted by molar-refractivity contribution is 14.1. The monoisotopic (exact) mass is 1970 g/mol. The topological polar surface area (TPSA) is 260 Å². The van der Waals surface area contributed by atoms with Crippen molar-refractivity contribution in [3.8, 4) is 22.3 Å². The van der Waals surface area contributed by atoms with Crippen LogP contribution in [0.3, 0.4) is 0 Å². The standard InChI is InChI=1S/C51H65N3O7S2.C31H47N3O4S.C20H20O4S.CH3I.CH4/c1-8-33(2)48(53(4)51(58)37(32-62-7)29-47(57)61-31-42-40-21-14-12-19-38(40)39-20-13-15-22-41(39)42)45(59-5)30-46(56)54-25-16-23-43(54)49(60-6)34(3)44(55)28-36(50-52-24-26-63-50)27-35-17-10-9-11-18-35;1-7-21(2)29(32-4)27(37-5)20-28(36)34-16-11-14-25(34)30(38-6)22(3)26(35)19-24(31-33-15-17-39-31)18-23-12-9-8-10-13-23;1-25-12-13(20(22)23)10-19(21)24-11-18-16-8-4-2-6-14(16)15-7-3-5-9-17(15)18;1-2;/h9-15,17-22,24,26,33-34,36-37,42-43,45,48-49H,8,16,23,25,27-32H2,1-7H3;8-10,12-13,15,17,21-22,24-25,27,29-30,32H,7,11,14,16,18-20H2,1-6H3;2-9,13,18H,10-12H2,1H3,(H,22,23);1H3;1H4/t33-,34-,36+,37-,43-,45+,48-,49+;21-,22-,24+,25-,27+,29-,30+;13-;;/m000../s1. The molecule has 0 saturated carbocycles. The molecule has 3 amide bonds. The zero-order chi connectivity index (χ0) is 93.2. The molecule has 0 bridgehead atoms. The van der Waals surface area contributed by atoms with Crippen molar-refractivity contribution in [1.29, 1.82) is 0 Å². The number of ketones is 2. The molecule has 21 nitrogen and oxygen atoms in total. The summed E-state index contributed by atoms with van der Waals surface area (Å²) in [4.78, 5) is 124. The van der Waals surface area contributed by atoms with Crippen molar-refractivity contribution in [1.82, 2.24) is 30.0 Å². The molecule has 2 aliphatic carbocycles. The molecule has 2 aliphatic heterocycles. The van der Waals surface area contributed by atoms with Gasteiger partial charge in [-0.2, -0.15) is 23.5 Å². The Morgan fingerprint density at radius 2 is 0.885 bits per heavy atom. The molecule has 2 N–H and O–H groups in total. The first kappa shape index (κ1) is 107. The number of benzene rings is 6. The number of hydrogen-bond acceptors (Lipinski definition) is 21. The first-order chi connectivity index (χ1) is 62.5. The number of ether oxygens (including phenoxy) is 6. The molecular weight excluding hydrogens is 1830 g/mol. The number of aromatic nitrogens is 2. The van der Waals surface area contributed by atoms with Crippen molar-refractivity contribution in [3.63, 3.8) is 0 Å². The van der Waals surface area contributed by atoms with Crippen LogP contribution in [0.2, 0.25) is 0 Å². The van der Waals surface area contributed by atoms with Gasteiger partial charge in [-0.1, -0.05) is 242 Å². The molecule has 6 aromatic carbocycles. The van der Waals surface area contributed by atoms with Gasteiger partial charge in [0.25, 0.3) is 0 Å². The number of carboxylic acids is 1. The summed E-state index contributed by atoms with van der Waals surface area (Å²) < 4.78 is 35.4. The molecule has 706 valence electrons. The van der Waals surface area contributed by atoms with Crippen molar-refractivity contribution in [2.45, 2.75) is 211 Å². The highest BCUT2D eigenvalue weighted by Crippen LogP contribution is 2.47. The number of esters is 2. The van der Waals surface area contributed by atoms with Gasteiger partial charge >= 0.3 is 17.9 Å². The summed E-state index contributed by atoms with van der Waals surface area (Å²) in [7, 11) is 10.3. The smallest absolute Gasteiger partial charge is 0.307 e. The number of Topliss-reactive ketones (excluding diaryl/α,β-unsaturated/α-hetero) is 2. The summed E-state index contributed by atoms with van der Waals surface area (Å²) in [6.07, 6.45) is 13.1. The molecule has 2 fully saturated rings. The maximum absolute atomic E-state index is 14.5. The Labute approximate surface area is 802 Å². The number of likely N-dealkylation sites (tertiary alicyclic amines) is 2. The number of thiazole rings is 2. The van der Waals surface area contributed by atoms with Crippen molar-refractivity contribution in [2.24, 2.45) is 35.5 Å². The largest absolute Gasteiger partial charge is 0.481 e. The molecule has 0 spiro atoms. The highest BCUT2D eigenvalue weighted by atomic mass is 127. The van der Waals surface area contributed by atoms with E-state index in [9.17, 15) is 43.5 Å². The fourth-order valence-corrected chi connectivity index (χ4v) is 22.1. The number of thioether (sulfide) groups is 2. The lowest BCUT2D eigenvalue weighted by atomic mass is 9.85. The number of rotatable bonds is 46. The quantitative estimate of drug-likeness (QED) is 0.0204. The van der Waals surface area contributed by atoms with Crippen molar-refractivity contribution >= 4 is 116 Å². The molecule has 8 aromatic rings. The molecule has 16 atom stereocenters. The van der Waals surface area contributed by atoms with Gasteiger partial charge in [-0.3, -0.25) is 38.4 Å². The average Bonchev–Trinajstić information content (AvgIpc) is 1.62. The average molecular weight is 1970 g/mol. The van der Waals surface area contributed by atoms with Crippen LogP contribution < -0.4 is 5.32 Å². The number of methoxy groups -OCH3 is 4. The number of halogens is 1. The minimum absolute atomic E-state index is 0. The number of carbonyl (C=O) groups is 8. The van der Waals surface area contributed by atoms with E-state index in [4.69, 9.17) is 28.4 Å². The van der Waals surface area contributed by atoms with Crippen LogP contribution in [0.1, 0.15) is 193 Å². The van der Waals surface area contributed by atoms with Gasteiger partial charge in [-0.25, -0.2) is 9.97 Å². The first-order valence-electron chi connectivity index (χ1n) is 45.3. The van der Waals surface area contributed by atoms with E-state index in [2.05, 4.69) is 138 Å². The van der Waals surface area contributed by atoms with Crippen LogP contribution in [0, 0.1) is 35.5 Å². The SMILES string of the molecule is C.CC[C@H](C)[C@@H]([C@@H](CC(=O)N1CCC[C@H]1[C@H](OC)[C@@H](C)C(=O)C[C@@H](Cc1ccccc1)c1nccs1)OC)N(C)C(=O)[C@H](CSC)CC(=O)OCC1c2ccccc2-c2ccccc21.CC[C@H](C)[C@H](NC)[C@@H](CC(=O)N1CCC[C@H]1[C@H](OC)[C@@H](C)C(=O)C[C@@H](Cc1ccccc1)c1nccs1)OC.CI.CSC[C@H](CC(=O)OCC1c2ccccc2-c2ccccc21)C(=O)O. The zero-order valence-corrected chi connectivity index (χ0v) is 83.2. The van der Waals surface area contributed by atoms with E-state index >= 15 is 0 Å². The minimum Gasteiger partial charge on any atom is -0.481 e. The Bertz CT molecular complexity index is 4710. The van der Waals surface area contributed by atoms with Crippen molar-refractivity contribution < 1.29 is 71.9 Å². The summed E-state index contributed by atoms with van der Waals surface area (Å²) in [6.45, 7) is 14.0. The van der Waals surface area contributed by atoms with E-state index in [1.165, 1.54) is 40.2 Å². The van der Waals surface area contributed by atoms with Crippen LogP contribution in [-0.2, 0) is 79.6 Å². The van der Waals surface area contributed by atoms with Crippen molar-refractivity contribution in [2.75, 3.05) is 97.8 Å². The maximum Gasteiger partial charge on any atom is 0.307 e. The maximum atomic E-state index is 14.5. The Morgan fingerprint density at radius 1 is 0.515 bits per heavy atom. The summed E-state index contributed by atoms with van der Waals surface area (Å²) in [5.74, 6) is -2.79. The summed E-state index contributed by atoms with van der Waals surface area (Å²) in [6, 6.07) is 52.4. The van der Waals surface area contributed by atoms with Gasteiger partial charge in [-0.05, 0) is 130 Å². The number of alkyl halides is 1. The number of nitrogens with zero attached hydrogens (tertiary/aromatic N) is 5. The third-order valence-electron chi connectivity index (χ3n) is 26.4. The van der Waals surface area contributed by atoms with E-state index in [0.717, 1.165) is 93.9 Å². The van der Waals surface area contributed by atoms with Gasteiger partial charge in [0.05, 0.1) is 90.1 Å². The molecule has 4 heterocycles. The third-order valence-corrected chi connectivity index (χ3v) is 29.8. The summed E-state index contributed by atoms with van der Waals surface area (Å²) >= 11 is 8.25. The zero-order valence-electron chi connectivity index (χ0n) is 77.8. The molecule has 0 radical (unpaired) electrons. The van der Waals surface area contributed by atoms with Gasteiger partial charge in [0.1, 0.15) is 24.8 Å². The lowest BCUT2D eigenvalue weighted by Crippen LogP contribution is -2.54. The van der Waals surface area contributed by atoms with E-state index < -0.39 is 53.9 Å². The number of nitrogens with one attached hydrogen (secondary N) is 1. The fraction of sp³-hybridized carbons (Fsp3) is 0.519. The lowest BCUT2D eigenvalue weighted by Gasteiger charge is -2.40. The number of carbonyl (C=O) groups excluding carboxylic acids is 7.